The lowest BCUT2D eigenvalue weighted by Crippen LogP contribution is -2.38. The van der Waals surface area contributed by atoms with Gasteiger partial charge < -0.3 is 15.0 Å². The highest BCUT2D eigenvalue weighted by Gasteiger charge is 2.23. The summed E-state index contributed by atoms with van der Waals surface area (Å²) in [7, 11) is 2.06. The average Bonchev–Trinajstić information content (AvgIpc) is 2.46. The molecule has 0 aromatic heterocycles. The van der Waals surface area contributed by atoms with Crippen molar-refractivity contribution < 1.29 is 9.53 Å². The summed E-state index contributed by atoms with van der Waals surface area (Å²) in [6, 6.07) is 7.43. The number of piperidine rings is 1. The molecule has 0 radical (unpaired) electrons. The Labute approximate surface area is 120 Å². The number of rotatable bonds is 5. The molecule has 1 saturated heterocycles. The topological polar surface area (TPSA) is 41.6 Å². The van der Waals surface area contributed by atoms with E-state index in [9.17, 15) is 4.79 Å². The van der Waals surface area contributed by atoms with Crippen LogP contribution in [0.15, 0.2) is 36.9 Å². The van der Waals surface area contributed by atoms with Gasteiger partial charge in [0.1, 0.15) is 12.4 Å². The molecule has 1 aromatic carbocycles. The molecule has 1 fully saturated rings. The van der Waals surface area contributed by atoms with Crippen molar-refractivity contribution in [1.82, 2.24) is 4.90 Å². The minimum absolute atomic E-state index is 0.0884. The molecule has 0 aliphatic carbocycles. The summed E-state index contributed by atoms with van der Waals surface area (Å²) in [5.74, 6) is 0.974. The number of anilines is 1. The fourth-order valence-electron chi connectivity index (χ4n) is 2.41. The molecule has 1 N–H and O–H groups in total. The van der Waals surface area contributed by atoms with Crippen molar-refractivity contribution in [3.05, 3.63) is 36.9 Å². The fourth-order valence-corrected chi connectivity index (χ4v) is 2.41. The highest BCUT2D eigenvalue weighted by atomic mass is 16.5. The van der Waals surface area contributed by atoms with E-state index in [0.717, 1.165) is 37.4 Å². The van der Waals surface area contributed by atoms with E-state index < -0.39 is 0 Å². The van der Waals surface area contributed by atoms with Crippen LogP contribution in [-0.2, 0) is 4.79 Å². The van der Waals surface area contributed by atoms with E-state index in [1.165, 1.54) is 0 Å². The van der Waals surface area contributed by atoms with Crippen LogP contribution in [0.1, 0.15) is 12.8 Å². The van der Waals surface area contributed by atoms with Crippen LogP contribution in [0.3, 0.4) is 0 Å². The van der Waals surface area contributed by atoms with Crippen LogP contribution in [-0.4, -0.2) is 37.6 Å². The quantitative estimate of drug-likeness (QED) is 0.839. The number of likely N-dealkylation sites (tertiary alicyclic amines) is 1. The van der Waals surface area contributed by atoms with Crippen molar-refractivity contribution in [1.29, 1.82) is 0 Å². The Morgan fingerprint density at radius 1 is 1.50 bits per heavy atom. The van der Waals surface area contributed by atoms with Gasteiger partial charge >= 0.3 is 0 Å². The molecule has 1 heterocycles. The third-order valence-corrected chi connectivity index (χ3v) is 3.48. The van der Waals surface area contributed by atoms with Crippen molar-refractivity contribution in [3.8, 4) is 5.75 Å². The monoisotopic (exact) mass is 274 g/mol. The van der Waals surface area contributed by atoms with Gasteiger partial charge in [-0.25, -0.2) is 0 Å². The molecule has 0 saturated carbocycles. The molecule has 1 atom stereocenters. The summed E-state index contributed by atoms with van der Waals surface area (Å²) in [6.45, 7) is 6.01. The van der Waals surface area contributed by atoms with Crippen LogP contribution < -0.4 is 10.1 Å². The zero-order valence-electron chi connectivity index (χ0n) is 12.0. The van der Waals surface area contributed by atoms with Crippen molar-refractivity contribution in [2.45, 2.75) is 12.8 Å². The maximum atomic E-state index is 12.2. The second-order valence-electron chi connectivity index (χ2n) is 5.21. The average molecular weight is 274 g/mol. The van der Waals surface area contributed by atoms with Crippen LogP contribution in [0.25, 0.3) is 0 Å². The minimum atomic E-state index is 0.0884. The first-order chi connectivity index (χ1) is 9.69. The molecule has 1 unspecified atom stereocenters. The number of amides is 1. The molecule has 4 heteroatoms. The van der Waals surface area contributed by atoms with Crippen molar-refractivity contribution in [2.24, 2.45) is 5.92 Å². The number of nitrogens with one attached hydrogen (secondary N) is 1. The lowest BCUT2D eigenvalue weighted by molar-refractivity contribution is -0.121. The van der Waals surface area contributed by atoms with Gasteiger partial charge in [0.05, 0.1) is 5.92 Å². The summed E-state index contributed by atoms with van der Waals surface area (Å²) < 4.78 is 5.41. The number of nitrogens with zero attached hydrogens (tertiary/aromatic N) is 1. The molecule has 1 aliphatic heterocycles. The van der Waals surface area contributed by atoms with Crippen molar-refractivity contribution in [2.75, 3.05) is 32.1 Å². The first kappa shape index (κ1) is 14.6. The predicted octanol–water partition coefficient (Wildman–Crippen LogP) is 2.53. The Balaban J connectivity index is 1.88. The molecule has 108 valence electrons. The van der Waals surface area contributed by atoms with Crippen LogP contribution in [0.5, 0.6) is 5.75 Å². The molecular weight excluding hydrogens is 252 g/mol. The van der Waals surface area contributed by atoms with Gasteiger partial charge in [0.2, 0.25) is 5.91 Å². The zero-order chi connectivity index (χ0) is 14.4. The first-order valence-corrected chi connectivity index (χ1v) is 7.02. The van der Waals surface area contributed by atoms with E-state index >= 15 is 0 Å². The van der Waals surface area contributed by atoms with Gasteiger partial charge in [-0.2, -0.15) is 0 Å². The van der Waals surface area contributed by atoms with Crippen LogP contribution in [0.4, 0.5) is 5.69 Å². The van der Waals surface area contributed by atoms with E-state index in [-0.39, 0.29) is 11.8 Å². The SMILES string of the molecule is C=CCOc1ccc(NC(=O)C2CCCN(C)C2)cc1. The summed E-state index contributed by atoms with van der Waals surface area (Å²) >= 11 is 0. The van der Waals surface area contributed by atoms with Crippen molar-refractivity contribution >= 4 is 11.6 Å². The molecule has 2 rings (SSSR count). The van der Waals surface area contributed by atoms with Gasteiger partial charge in [-0.05, 0) is 50.7 Å². The van der Waals surface area contributed by atoms with Crippen LogP contribution >= 0.6 is 0 Å². The lowest BCUT2D eigenvalue weighted by Gasteiger charge is -2.28. The Kier molecular flexibility index (Phi) is 5.18. The molecule has 20 heavy (non-hydrogen) atoms. The molecule has 1 aliphatic rings. The fraction of sp³-hybridized carbons (Fsp3) is 0.438. The predicted molar refractivity (Wildman–Crippen MR) is 81.0 cm³/mol. The van der Waals surface area contributed by atoms with Gasteiger partial charge in [0.25, 0.3) is 0 Å². The highest BCUT2D eigenvalue weighted by molar-refractivity contribution is 5.92. The Morgan fingerprint density at radius 2 is 2.25 bits per heavy atom. The number of hydrogen-bond acceptors (Lipinski definition) is 3. The van der Waals surface area contributed by atoms with E-state index in [1.807, 2.05) is 24.3 Å². The summed E-state index contributed by atoms with van der Waals surface area (Å²) in [4.78, 5) is 14.4. The largest absolute Gasteiger partial charge is 0.490 e. The number of hydrogen-bond donors (Lipinski definition) is 1. The van der Waals surface area contributed by atoms with E-state index in [1.54, 1.807) is 6.08 Å². The lowest BCUT2D eigenvalue weighted by atomic mass is 9.97. The Hall–Kier alpha value is -1.81. The van der Waals surface area contributed by atoms with Gasteiger partial charge in [-0.15, -0.1) is 0 Å². The second kappa shape index (κ2) is 7.10. The van der Waals surface area contributed by atoms with E-state index in [4.69, 9.17) is 4.74 Å². The van der Waals surface area contributed by atoms with Gasteiger partial charge in [0.15, 0.2) is 0 Å². The third-order valence-electron chi connectivity index (χ3n) is 3.48. The first-order valence-electron chi connectivity index (χ1n) is 7.02. The standard InChI is InChI=1S/C16H22N2O2/c1-3-11-20-15-8-6-14(7-9-15)17-16(19)13-5-4-10-18(2)12-13/h3,6-9,13H,1,4-5,10-12H2,2H3,(H,17,19). The summed E-state index contributed by atoms with van der Waals surface area (Å²) in [6.07, 6.45) is 3.76. The maximum Gasteiger partial charge on any atom is 0.228 e. The number of benzene rings is 1. The molecule has 0 spiro atoms. The smallest absolute Gasteiger partial charge is 0.228 e. The van der Waals surface area contributed by atoms with Gasteiger partial charge in [-0.1, -0.05) is 12.7 Å². The van der Waals surface area contributed by atoms with Gasteiger partial charge in [0, 0.05) is 12.2 Å². The maximum absolute atomic E-state index is 12.2. The van der Waals surface area contributed by atoms with Crippen molar-refractivity contribution in [3.63, 3.8) is 0 Å². The highest BCUT2D eigenvalue weighted by Crippen LogP contribution is 2.19. The third kappa shape index (κ3) is 4.10. The Morgan fingerprint density at radius 3 is 2.90 bits per heavy atom. The minimum Gasteiger partial charge on any atom is -0.490 e. The van der Waals surface area contributed by atoms with E-state index in [0.29, 0.717) is 6.61 Å². The van der Waals surface area contributed by atoms with E-state index in [2.05, 4.69) is 23.8 Å². The number of ether oxygens (including phenoxy) is 1. The second-order valence-corrected chi connectivity index (χ2v) is 5.21. The normalized spacial score (nSPS) is 19.4. The molecule has 0 bridgehead atoms. The molecular formula is C16H22N2O2. The molecule has 1 aromatic rings. The molecule has 4 nitrogen and oxygen atoms in total. The number of carbonyl (C=O) groups is 1. The van der Waals surface area contributed by atoms with Gasteiger partial charge in [-0.3, -0.25) is 4.79 Å². The zero-order valence-corrected chi connectivity index (χ0v) is 12.0. The van der Waals surface area contributed by atoms with Crippen LogP contribution in [0.2, 0.25) is 0 Å². The summed E-state index contributed by atoms with van der Waals surface area (Å²) in [5.41, 5.74) is 0.814. The Bertz CT molecular complexity index is 456. The van der Waals surface area contributed by atoms with Crippen LogP contribution in [0, 0.1) is 5.92 Å². The molecule has 1 amide bonds. The number of carbonyl (C=O) groups excluding carboxylic acids is 1. The summed E-state index contributed by atoms with van der Waals surface area (Å²) in [5, 5.41) is 2.97.